The lowest BCUT2D eigenvalue weighted by atomic mass is 10.2. The first-order valence-electron chi connectivity index (χ1n) is 5.99. The molecule has 2 N–H and O–H groups in total. The summed E-state index contributed by atoms with van der Waals surface area (Å²) in [6.45, 7) is 0. The van der Waals surface area contributed by atoms with Gasteiger partial charge < -0.3 is 10.4 Å². The summed E-state index contributed by atoms with van der Waals surface area (Å²) in [6, 6.07) is 7.26. The van der Waals surface area contributed by atoms with Crippen molar-refractivity contribution in [3.05, 3.63) is 65.7 Å². The van der Waals surface area contributed by atoms with Crippen molar-refractivity contribution in [1.29, 1.82) is 0 Å². The first-order valence-corrected chi connectivity index (χ1v) is 5.99. The van der Waals surface area contributed by atoms with Crippen LogP contribution in [-0.2, 0) is 4.79 Å². The molecule has 0 aliphatic heterocycles. The molecule has 0 saturated heterocycles. The summed E-state index contributed by atoms with van der Waals surface area (Å²) >= 11 is 0. The van der Waals surface area contributed by atoms with E-state index in [1.165, 1.54) is 36.7 Å². The molecule has 106 valence electrons. The summed E-state index contributed by atoms with van der Waals surface area (Å²) in [5.41, 5.74) is 0.267. The van der Waals surface area contributed by atoms with Gasteiger partial charge in [0, 0.05) is 17.8 Å². The van der Waals surface area contributed by atoms with Crippen LogP contribution in [0.2, 0.25) is 0 Å². The average Bonchev–Trinajstić information content (AvgIpc) is 2.47. The number of aromatic nitrogens is 1. The highest BCUT2D eigenvalue weighted by molar-refractivity contribution is 6.05. The monoisotopic (exact) mass is 286 g/mol. The third-order valence-corrected chi connectivity index (χ3v) is 2.63. The van der Waals surface area contributed by atoms with E-state index < -0.39 is 17.7 Å². The number of benzene rings is 1. The van der Waals surface area contributed by atoms with Crippen LogP contribution in [0, 0.1) is 5.82 Å². The largest absolute Gasteiger partial charge is 0.478 e. The molecule has 2 rings (SSSR count). The molecule has 5 nitrogen and oxygen atoms in total. The van der Waals surface area contributed by atoms with E-state index in [1.807, 2.05) is 0 Å². The molecule has 21 heavy (non-hydrogen) atoms. The Labute approximate surface area is 119 Å². The summed E-state index contributed by atoms with van der Waals surface area (Å²) in [7, 11) is 0. The predicted molar refractivity (Wildman–Crippen MR) is 75.3 cm³/mol. The van der Waals surface area contributed by atoms with E-state index in [2.05, 4.69) is 10.3 Å². The zero-order valence-electron chi connectivity index (χ0n) is 10.8. The normalized spacial score (nSPS) is 10.5. The van der Waals surface area contributed by atoms with Gasteiger partial charge in [0.15, 0.2) is 0 Å². The van der Waals surface area contributed by atoms with Gasteiger partial charge in [-0.15, -0.1) is 0 Å². The van der Waals surface area contributed by atoms with E-state index in [1.54, 1.807) is 12.1 Å². The second-order valence-electron chi connectivity index (χ2n) is 4.07. The molecule has 0 bridgehead atoms. The van der Waals surface area contributed by atoms with Gasteiger partial charge in [-0.3, -0.25) is 9.78 Å². The molecular formula is C15H11FN2O3. The zero-order valence-corrected chi connectivity index (χ0v) is 10.8. The number of carboxylic acids is 1. The molecular weight excluding hydrogens is 275 g/mol. The lowest BCUT2D eigenvalue weighted by molar-refractivity contribution is -0.111. The number of halogens is 1. The third-order valence-electron chi connectivity index (χ3n) is 2.63. The summed E-state index contributed by atoms with van der Waals surface area (Å²) in [5.74, 6) is -2.20. The van der Waals surface area contributed by atoms with Crippen LogP contribution in [0.15, 0.2) is 48.8 Å². The van der Waals surface area contributed by atoms with Crippen molar-refractivity contribution in [1.82, 2.24) is 4.98 Å². The van der Waals surface area contributed by atoms with E-state index in [0.29, 0.717) is 0 Å². The van der Waals surface area contributed by atoms with E-state index in [9.17, 15) is 14.0 Å². The Kier molecular flexibility index (Phi) is 4.40. The number of nitrogens with one attached hydrogen (secondary N) is 1. The van der Waals surface area contributed by atoms with Gasteiger partial charge in [-0.05, 0) is 18.2 Å². The Bertz CT molecular complexity index is 714. The minimum atomic E-state index is -1.18. The topological polar surface area (TPSA) is 79.3 Å². The van der Waals surface area contributed by atoms with Crippen molar-refractivity contribution in [2.24, 2.45) is 0 Å². The SMILES string of the molecule is O=C(C=Cc1ccccc1F)Nc1cnccc1C(=O)O. The minimum Gasteiger partial charge on any atom is -0.478 e. The molecule has 2 aromatic rings. The second-order valence-corrected chi connectivity index (χ2v) is 4.07. The van der Waals surface area contributed by atoms with Gasteiger partial charge in [-0.1, -0.05) is 18.2 Å². The minimum absolute atomic E-state index is 0.0716. The summed E-state index contributed by atoms with van der Waals surface area (Å²) in [5, 5.41) is 11.4. The number of nitrogens with zero attached hydrogens (tertiary/aromatic N) is 1. The lowest BCUT2D eigenvalue weighted by Crippen LogP contribution is -2.12. The fraction of sp³-hybridized carbons (Fsp3) is 0. The van der Waals surface area contributed by atoms with Crippen LogP contribution in [0.4, 0.5) is 10.1 Å². The van der Waals surface area contributed by atoms with E-state index >= 15 is 0 Å². The van der Waals surface area contributed by atoms with Crippen LogP contribution >= 0.6 is 0 Å². The number of anilines is 1. The Balaban J connectivity index is 2.13. The fourth-order valence-corrected chi connectivity index (χ4v) is 1.63. The first-order chi connectivity index (χ1) is 10.1. The third kappa shape index (κ3) is 3.73. The number of amides is 1. The summed E-state index contributed by atoms with van der Waals surface area (Å²) in [4.78, 5) is 26.5. The molecule has 1 aromatic carbocycles. The van der Waals surface area contributed by atoms with Crippen molar-refractivity contribution in [3.63, 3.8) is 0 Å². The van der Waals surface area contributed by atoms with Crippen molar-refractivity contribution < 1.29 is 19.1 Å². The fourth-order valence-electron chi connectivity index (χ4n) is 1.63. The van der Waals surface area contributed by atoms with E-state index in [-0.39, 0.29) is 16.8 Å². The van der Waals surface area contributed by atoms with Crippen LogP contribution in [0.25, 0.3) is 6.08 Å². The Morgan fingerprint density at radius 3 is 2.71 bits per heavy atom. The second kappa shape index (κ2) is 6.42. The molecule has 0 aliphatic carbocycles. The number of rotatable bonds is 4. The number of aromatic carboxylic acids is 1. The highest BCUT2D eigenvalue weighted by atomic mass is 19.1. The maximum atomic E-state index is 13.4. The van der Waals surface area contributed by atoms with Crippen molar-refractivity contribution in [2.45, 2.75) is 0 Å². The average molecular weight is 286 g/mol. The van der Waals surface area contributed by atoms with Crippen LogP contribution in [-0.4, -0.2) is 22.0 Å². The first kappa shape index (κ1) is 14.4. The van der Waals surface area contributed by atoms with Crippen molar-refractivity contribution in [2.75, 3.05) is 5.32 Å². The molecule has 0 radical (unpaired) electrons. The smallest absolute Gasteiger partial charge is 0.337 e. The van der Waals surface area contributed by atoms with Gasteiger partial charge >= 0.3 is 5.97 Å². The molecule has 1 amide bonds. The molecule has 0 spiro atoms. The van der Waals surface area contributed by atoms with Gasteiger partial charge in [0.2, 0.25) is 5.91 Å². The van der Waals surface area contributed by atoms with Crippen LogP contribution in [0.5, 0.6) is 0 Å². The summed E-state index contributed by atoms with van der Waals surface area (Å²) < 4.78 is 13.4. The number of hydrogen-bond donors (Lipinski definition) is 2. The Morgan fingerprint density at radius 1 is 1.24 bits per heavy atom. The van der Waals surface area contributed by atoms with Crippen LogP contribution < -0.4 is 5.32 Å². The Hall–Kier alpha value is -3.02. The van der Waals surface area contributed by atoms with Gasteiger partial charge in [-0.2, -0.15) is 0 Å². The number of carbonyl (C=O) groups excluding carboxylic acids is 1. The van der Waals surface area contributed by atoms with Crippen molar-refractivity contribution in [3.8, 4) is 0 Å². The molecule has 0 unspecified atom stereocenters. The number of carbonyl (C=O) groups is 2. The number of pyridine rings is 1. The standard InChI is InChI=1S/C15H11FN2O3/c16-12-4-2-1-3-10(12)5-6-14(19)18-13-9-17-8-7-11(13)15(20)21/h1-9H,(H,18,19)(H,20,21). The lowest BCUT2D eigenvalue weighted by Gasteiger charge is -2.05. The van der Waals surface area contributed by atoms with Gasteiger partial charge in [0.25, 0.3) is 0 Å². The quantitative estimate of drug-likeness (QED) is 0.847. The van der Waals surface area contributed by atoms with Crippen LogP contribution in [0.3, 0.4) is 0 Å². The maximum Gasteiger partial charge on any atom is 0.337 e. The Morgan fingerprint density at radius 2 is 2.00 bits per heavy atom. The number of carboxylic acid groups (broad SMARTS) is 1. The van der Waals surface area contributed by atoms with Crippen molar-refractivity contribution >= 4 is 23.6 Å². The molecule has 6 heteroatoms. The highest BCUT2D eigenvalue weighted by Crippen LogP contribution is 2.13. The van der Waals surface area contributed by atoms with Gasteiger partial charge in [-0.25, -0.2) is 9.18 Å². The molecule has 1 heterocycles. The molecule has 0 atom stereocenters. The maximum absolute atomic E-state index is 13.4. The number of hydrogen-bond acceptors (Lipinski definition) is 3. The van der Waals surface area contributed by atoms with Gasteiger partial charge in [0.05, 0.1) is 17.4 Å². The van der Waals surface area contributed by atoms with E-state index in [4.69, 9.17) is 5.11 Å². The molecule has 1 aromatic heterocycles. The molecule has 0 saturated carbocycles. The summed E-state index contributed by atoms with van der Waals surface area (Å²) in [6.07, 6.45) is 4.98. The van der Waals surface area contributed by atoms with E-state index in [0.717, 1.165) is 6.08 Å². The predicted octanol–water partition coefficient (Wildman–Crippen LogP) is 2.57. The zero-order chi connectivity index (χ0) is 15.2. The van der Waals surface area contributed by atoms with Gasteiger partial charge in [0.1, 0.15) is 5.82 Å². The molecule has 0 aliphatic rings. The highest BCUT2D eigenvalue weighted by Gasteiger charge is 2.10. The van der Waals surface area contributed by atoms with Crippen LogP contribution in [0.1, 0.15) is 15.9 Å². The molecule has 0 fully saturated rings.